The maximum atomic E-state index is 6.22. The lowest BCUT2D eigenvalue weighted by Crippen LogP contribution is -2.27. The molecule has 4 heterocycles. The number of fused-ring (bicyclic) bond motifs is 1. The summed E-state index contributed by atoms with van der Waals surface area (Å²) in [5.74, 6) is 0.930. The lowest BCUT2D eigenvalue weighted by molar-refractivity contribution is 0.453. The summed E-state index contributed by atoms with van der Waals surface area (Å²) >= 11 is 6.09. The Labute approximate surface area is 173 Å². The van der Waals surface area contributed by atoms with Gasteiger partial charge in [0, 0.05) is 51.1 Å². The molecular formula is C22H21ClN6. The summed E-state index contributed by atoms with van der Waals surface area (Å²) in [6.07, 6.45) is 7.71. The van der Waals surface area contributed by atoms with Gasteiger partial charge in [-0.05, 0) is 55.6 Å². The first-order chi connectivity index (χ1) is 14.2. The summed E-state index contributed by atoms with van der Waals surface area (Å²) in [7, 11) is 0. The highest BCUT2D eigenvalue weighted by molar-refractivity contribution is 6.31. The average Bonchev–Trinajstić information content (AvgIpc) is 3.24. The summed E-state index contributed by atoms with van der Waals surface area (Å²) in [5.41, 5.74) is 11.1. The summed E-state index contributed by atoms with van der Waals surface area (Å²) in [5, 5.41) is 13.7. The third kappa shape index (κ3) is 3.45. The number of anilines is 1. The van der Waals surface area contributed by atoms with E-state index in [4.69, 9.17) is 17.3 Å². The van der Waals surface area contributed by atoms with E-state index in [0.29, 0.717) is 16.8 Å². The molecule has 0 spiro atoms. The van der Waals surface area contributed by atoms with Gasteiger partial charge in [0.25, 0.3) is 0 Å². The monoisotopic (exact) mass is 404 g/mol. The van der Waals surface area contributed by atoms with Crippen molar-refractivity contribution in [2.75, 3.05) is 18.8 Å². The number of nitrogens with zero attached hydrogens (tertiary/aromatic N) is 3. The van der Waals surface area contributed by atoms with Crippen LogP contribution in [0.15, 0.2) is 48.9 Å². The number of nitrogens with two attached hydrogens (primary N) is 1. The third-order valence-electron chi connectivity index (χ3n) is 5.61. The minimum absolute atomic E-state index is 0.460. The van der Waals surface area contributed by atoms with E-state index in [9.17, 15) is 0 Å². The number of nitrogens with one attached hydrogen (secondary N) is 2. The van der Waals surface area contributed by atoms with E-state index in [0.717, 1.165) is 59.1 Å². The number of benzene rings is 1. The molecule has 4 N–H and O–H groups in total. The van der Waals surface area contributed by atoms with Crippen LogP contribution in [0, 0.1) is 0 Å². The van der Waals surface area contributed by atoms with Gasteiger partial charge in [-0.2, -0.15) is 5.10 Å². The molecule has 0 atom stereocenters. The number of aromatic nitrogens is 4. The van der Waals surface area contributed by atoms with Crippen molar-refractivity contribution in [3.05, 3.63) is 59.6 Å². The number of H-pyrrole nitrogens is 1. The Morgan fingerprint density at radius 1 is 0.931 bits per heavy atom. The van der Waals surface area contributed by atoms with Crippen molar-refractivity contribution in [2.24, 2.45) is 0 Å². The third-order valence-corrected chi connectivity index (χ3v) is 5.84. The van der Waals surface area contributed by atoms with E-state index in [2.05, 4.69) is 31.5 Å². The second kappa shape index (κ2) is 7.46. The van der Waals surface area contributed by atoms with Gasteiger partial charge in [0.05, 0.1) is 11.9 Å². The maximum absolute atomic E-state index is 6.22. The van der Waals surface area contributed by atoms with Crippen molar-refractivity contribution < 1.29 is 0 Å². The molecule has 1 fully saturated rings. The van der Waals surface area contributed by atoms with Gasteiger partial charge >= 0.3 is 0 Å². The van der Waals surface area contributed by atoms with Crippen LogP contribution < -0.4 is 11.1 Å². The Morgan fingerprint density at radius 3 is 2.66 bits per heavy atom. The molecule has 3 aromatic heterocycles. The molecule has 0 amide bonds. The molecule has 5 rings (SSSR count). The van der Waals surface area contributed by atoms with Crippen molar-refractivity contribution in [1.82, 2.24) is 25.5 Å². The fourth-order valence-electron chi connectivity index (χ4n) is 4.04. The van der Waals surface area contributed by atoms with Crippen molar-refractivity contribution in [3.63, 3.8) is 0 Å². The zero-order valence-corrected chi connectivity index (χ0v) is 16.6. The zero-order valence-electron chi connectivity index (χ0n) is 15.8. The summed E-state index contributed by atoms with van der Waals surface area (Å²) in [6.45, 7) is 2.05. The smallest absolute Gasteiger partial charge is 0.132 e. The largest absolute Gasteiger partial charge is 0.383 e. The first-order valence-corrected chi connectivity index (χ1v) is 10.1. The molecule has 0 radical (unpaired) electrons. The molecule has 0 unspecified atom stereocenters. The lowest BCUT2D eigenvalue weighted by atomic mass is 9.90. The van der Waals surface area contributed by atoms with Crippen LogP contribution in [0.2, 0.25) is 5.02 Å². The van der Waals surface area contributed by atoms with Gasteiger partial charge in [0.1, 0.15) is 5.82 Å². The highest BCUT2D eigenvalue weighted by Crippen LogP contribution is 2.35. The predicted octanol–water partition coefficient (Wildman–Crippen LogP) is 4.39. The van der Waals surface area contributed by atoms with Crippen LogP contribution in [0.25, 0.3) is 33.2 Å². The Kier molecular flexibility index (Phi) is 4.66. The van der Waals surface area contributed by atoms with E-state index in [1.165, 1.54) is 5.69 Å². The van der Waals surface area contributed by atoms with E-state index in [1.807, 2.05) is 42.9 Å². The number of piperidine rings is 1. The molecule has 29 heavy (non-hydrogen) atoms. The number of halogens is 1. The molecule has 4 aromatic rings. The van der Waals surface area contributed by atoms with Gasteiger partial charge in [-0.1, -0.05) is 17.7 Å². The van der Waals surface area contributed by atoms with Crippen molar-refractivity contribution in [1.29, 1.82) is 0 Å². The molecule has 0 saturated carbocycles. The Hall–Kier alpha value is -2.96. The molecule has 6 nitrogen and oxygen atoms in total. The van der Waals surface area contributed by atoms with Gasteiger partial charge in [-0.25, -0.2) is 4.98 Å². The fraction of sp³-hybridized carbons (Fsp3) is 0.227. The topological polar surface area (TPSA) is 92.5 Å². The fourth-order valence-corrected chi connectivity index (χ4v) is 4.22. The van der Waals surface area contributed by atoms with Crippen molar-refractivity contribution in [2.45, 2.75) is 18.8 Å². The zero-order chi connectivity index (χ0) is 19.8. The molecule has 146 valence electrons. The van der Waals surface area contributed by atoms with E-state index in [-0.39, 0.29) is 0 Å². The molecule has 0 aliphatic carbocycles. The van der Waals surface area contributed by atoms with Gasteiger partial charge in [0.15, 0.2) is 0 Å². The molecule has 1 aliphatic rings. The number of hydrogen-bond donors (Lipinski definition) is 3. The first kappa shape index (κ1) is 18.1. The minimum Gasteiger partial charge on any atom is -0.383 e. The second-order valence-corrected chi connectivity index (χ2v) is 7.88. The maximum Gasteiger partial charge on any atom is 0.132 e. The predicted molar refractivity (Wildman–Crippen MR) is 117 cm³/mol. The summed E-state index contributed by atoms with van der Waals surface area (Å²) in [6, 6.07) is 9.85. The van der Waals surface area contributed by atoms with Gasteiger partial charge < -0.3 is 11.1 Å². The molecule has 1 saturated heterocycles. The molecule has 7 heteroatoms. The number of hydrogen-bond acceptors (Lipinski definition) is 5. The SMILES string of the molecule is Nc1ncc(-c2cn[nH]c2C2CCNCC2)cc1-c1cc2ccc(Cl)cc2cn1. The van der Waals surface area contributed by atoms with Crippen LogP contribution in [-0.2, 0) is 0 Å². The van der Waals surface area contributed by atoms with Crippen molar-refractivity contribution >= 4 is 28.2 Å². The summed E-state index contributed by atoms with van der Waals surface area (Å²) in [4.78, 5) is 9.06. The lowest BCUT2D eigenvalue weighted by Gasteiger charge is -2.22. The van der Waals surface area contributed by atoms with Gasteiger partial charge in [-0.15, -0.1) is 0 Å². The van der Waals surface area contributed by atoms with E-state index >= 15 is 0 Å². The molecular weight excluding hydrogens is 384 g/mol. The van der Waals surface area contributed by atoms with Crippen LogP contribution in [0.4, 0.5) is 5.82 Å². The number of rotatable bonds is 3. The first-order valence-electron chi connectivity index (χ1n) is 9.74. The highest BCUT2D eigenvalue weighted by Gasteiger charge is 2.21. The quantitative estimate of drug-likeness (QED) is 0.471. The second-order valence-electron chi connectivity index (χ2n) is 7.44. The van der Waals surface area contributed by atoms with Crippen LogP contribution in [0.5, 0.6) is 0 Å². The standard InChI is InChI=1S/C22H21ClN6/c23-17-2-1-14-9-20(26-10-15(14)7-17)18-8-16(11-27-22(18)24)19-12-28-29-21(19)13-3-5-25-6-4-13/h1-2,7-13,25H,3-6H2,(H2,24,27)(H,28,29). The molecule has 1 aliphatic heterocycles. The number of nitrogen functional groups attached to an aromatic ring is 1. The van der Waals surface area contributed by atoms with Crippen LogP contribution in [0.1, 0.15) is 24.5 Å². The van der Waals surface area contributed by atoms with Crippen LogP contribution in [0.3, 0.4) is 0 Å². The normalized spacial score (nSPS) is 15.1. The minimum atomic E-state index is 0.460. The Balaban J connectivity index is 1.56. The molecule has 0 bridgehead atoms. The summed E-state index contributed by atoms with van der Waals surface area (Å²) < 4.78 is 0. The van der Waals surface area contributed by atoms with Gasteiger partial charge in [0.2, 0.25) is 0 Å². The Morgan fingerprint density at radius 2 is 1.79 bits per heavy atom. The van der Waals surface area contributed by atoms with Crippen molar-refractivity contribution in [3.8, 4) is 22.4 Å². The van der Waals surface area contributed by atoms with Gasteiger partial charge in [-0.3, -0.25) is 10.1 Å². The molecule has 1 aromatic carbocycles. The number of aromatic amines is 1. The van der Waals surface area contributed by atoms with E-state index < -0.39 is 0 Å². The number of pyridine rings is 2. The Bertz CT molecular complexity index is 1180. The van der Waals surface area contributed by atoms with Crippen LogP contribution >= 0.6 is 11.6 Å². The highest BCUT2D eigenvalue weighted by atomic mass is 35.5. The van der Waals surface area contributed by atoms with Crippen LogP contribution in [-0.4, -0.2) is 33.3 Å². The van der Waals surface area contributed by atoms with E-state index in [1.54, 1.807) is 0 Å². The average molecular weight is 405 g/mol.